The van der Waals surface area contributed by atoms with Gasteiger partial charge in [0.15, 0.2) is 0 Å². The number of para-hydroxylation sites is 1. The van der Waals surface area contributed by atoms with Gasteiger partial charge in [0.2, 0.25) is 5.91 Å². The first-order valence-corrected chi connectivity index (χ1v) is 10.1. The summed E-state index contributed by atoms with van der Waals surface area (Å²) in [5.74, 6) is 0.980. The van der Waals surface area contributed by atoms with Crippen molar-refractivity contribution in [3.8, 4) is 0 Å². The molecular formula is C20H28N6O2. The van der Waals surface area contributed by atoms with Gasteiger partial charge < -0.3 is 20.1 Å². The van der Waals surface area contributed by atoms with Crippen molar-refractivity contribution in [2.45, 2.75) is 13.0 Å². The number of rotatable bonds is 5. The van der Waals surface area contributed by atoms with Crippen LogP contribution >= 0.6 is 0 Å². The molecule has 0 aliphatic carbocycles. The van der Waals surface area contributed by atoms with Crippen molar-refractivity contribution in [2.24, 2.45) is 0 Å². The number of hydrogen-bond acceptors (Lipinski definition) is 6. The molecule has 1 amide bonds. The molecule has 8 heteroatoms. The summed E-state index contributed by atoms with van der Waals surface area (Å²) in [6.07, 6.45) is 0.597. The van der Waals surface area contributed by atoms with E-state index in [1.165, 1.54) is 0 Å². The van der Waals surface area contributed by atoms with E-state index in [9.17, 15) is 9.59 Å². The second kappa shape index (κ2) is 8.81. The number of fused-ring (bicyclic) bond motifs is 1. The SMILES string of the molecule is O=C(CCN1CCN(Cc2nc3ccccc3c(=O)[nH]2)CC1)N1CCNCC1. The molecule has 28 heavy (non-hydrogen) atoms. The van der Waals surface area contributed by atoms with E-state index in [-0.39, 0.29) is 11.5 Å². The van der Waals surface area contributed by atoms with Gasteiger partial charge in [-0.25, -0.2) is 4.98 Å². The zero-order valence-corrected chi connectivity index (χ0v) is 16.2. The van der Waals surface area contributed by atoms with Gasteiger partial charge in [0, 0.05) is 65.3 Å². The summed E-state index contributed by atoms with van der Waals surface area (Å²) in [5.41, 5.74) is 0.664. The Bertz CT molecular complexity index is 868. The number of hydrogen-bond donors (Lipinski definition) is 2. The largest absolute Gasteiger partial charge is 0.340 e. The van der Waals surface area contributed by atoms with E-state index in [0.29, 0.717) is 24.2 Å². The van der Waals surface area contributed by atoms with Crippen molar-refractivity contribution in [1.29, 1.82) is 0 Å². The van der Waals surface area contributed by atoms with Gasteiger partial charge in [-0.2, -0.15) is 0 Å². The van der Waals surface area contributed by atoms with E-state index in [1.807, 2.05) is 23.1 Å². The first kappa shape index (κ1) is 19.0. The Labute approximate surface area is 164 Å². The van der Waals surface area contributed by atoms with Crippen LogP contribution in [-0.2, 0) is 11.3 Å². The summed E-state index contributed by atoms with van der Waals surface area (Å²) < 4.78 is 0. The highest BCUT2D eigenvalue weighted by Gasteiger charge is 2.21. The summed E-state index contributed by atoms with van der Waals surface area (Å²) in [5, 5.41) is 3.91. The fraction of sp³-hybridized carbons (Fsp3) is 0.550. The predicted molar refractivity (Wildman–Crippen MR) is 108 cm³/mol. The van der Waals surface area contributed by atoms with Gasteiger partial charge in [-0.3, -0.25) is 14.5 Å². The Morgan fingerprint density at radius 2 is 1.71 bits per heavy atom. The minimum atomic E-state index is -0.0781. The Balaban J connectivity index is 1.25. The smallest absolute Gasteiger partial charge is 0.258 e. The molecule has 0 saturated carbocycles. The molecule has 0 radical (unpaired) electrons. The Morgan fingerprint density at radius 1 is 1.00 bits per heavy atom. The predicted octanol–water partition coefficient (Wildman–Crippen LogP) is -0.137. The van der Waals surface area contributed by atoms with Crippen molar-refractivity contribution in [1.82, 2.24) is 30.0 Å². The quantitative estimate of drug-likeness (QED) is 0.747. The molecule has 0 bridgehead atoms. The van der Waals surface area contributed by atoms with Gasteiger partial charge in [0.1, 0.15) is 5.82 Å². The molecule has 2 fully saturated rings. The second-order valence-corrected chi connectivity index (χ2v) is 7.53. The van der Waals surface area contributed by atoms with Crippen LogP contribution in [0.1, 0.15) is 12.2 Å². The highest BCUT2D eigenvalue weighted by Crippen LogP contribution is 2.10. The van der Waals surface area contributed by atoms with Crippen LogP contribution in [0.3, 0.4) is 0 Å². The van der Waals surface area contributed by atoms with Crippen LogP contribution in [0.25, 0.3) is 10.9 Å². The third-order valence-electron chi connectivity index (χ3n) is 5.61. The Kier molecular flexibility index (Phi) is 5.99. The lowest BCUT2D eigenvalue weighted by molar-refractivity contribution is -0.132. The molecule has 2 aliphatic heterocycles. The molecule has 2 aliphatic rings. The molecule has 2 saturated heterocycles. The van der Waals surface area contributed by atoms with E-state index in [2.05, 4.69) is 25.1 Å². The third kappa shape index (κ3) is 4.57. The van der Waals surface area contributed by atoms with Crippen molar-refractivity contribution in [3.05, 3.63) is 40.4 Å². The molecule has 2 N–H and O–H groups in total. The number of H-pyrrole nitrogens is 1. The number of carbonyl (C=O) groups excluding carboxylic acids is 1. The summed E-state index contributed by atoms with van der Waals surface area (Å²) in [6.45, 7) is 8.61. The number of carbonyl (C=O) groups is 1. The lowest BCUT2D eigenvalue weighted by Crippen LogP contribution is -2.49. The monoisotopic (exact) mass is 384 g/mol. The first-order valence-electron chi connectivity index (χ1n) is 10.1. The molecule has 0 spiro atoms. The van der Waals surface area contributed by atoms with E-state index in [4.69, 9.17) is 0 Å². The van der Waals surface area contributed by atoms with Gasteiger partial charge in [0.25, 0.3) is 5.56 Å². The van der Waals surface area contributed by atoms with Crippen LogP contribution in [-0.4, -0.2) is 89.5 Å². The topological polar surface area (TPSA) is 84.6 Å². The van der Waals surface area contributed by atoms with Crippen LogP contribution in [0.15, 0.2) is 29.1 Å². The maximum absolute atomic E-state index is 12.3. The van der Waals surface area contributed by atoms with E-state index >= 15 is 0 Å². The summed E-state index contributed by atoms with van der Waals surface area (Å²) in [6, 6.07) is 7.43. The lowest BCUT2D eigenvalue weighted by atomic mass is 10.2. The van der Waals surface area contributed by atoms with Crippen LogP contribution in [0.2, 0.25) is 0 Å². The third-order valence-corrected chi connectivity index (χ3v) is 5.61. The van der Waals surface area contributed by atoms with Gasteiger partial charge in [0.05, 0.1) is 17.4 Å². The van der Waals surface area contributed by atoms with Crippen molar-refractivity contribution in [2.75, 3.05) is 58.9 Å². The molecule has 0 atom stereocenters. The lowest BCUT2D eigenvalue weighted by Gasteiger charge is -2.35. The molecule has 1 aromatic carbocycles. The number of piperazine rings is 2. The van der Waals surface area contributed by atoms with Crippen molar-refractivity contribution >= 4 is 16.8 Å². The number of amides is 1. The number of nitrogens with one attached hydrogen (secondary N) is 2. The Morgan fingerprint density at radius 3 is 2.50 bits per heavy atom. The Hall–Kier alpha value is -2.29. The molecule has 1 aromatic heterocycles. The molecule has 0 unspecified atom stereocenters. The number of aromatic nitrogens is 2. The van der Waals surface area contributed by atoms with Gasteiger partial charge in [-0.05, 0) is 12.1 Å². The zero-order valence-electron chi connectivity index (χ0n) is 16.2. The zero-order chi connectivity index (χ0) is 19.3. The summed E-state index contributed by atoms with van der Waals surface area (Å²) >= 11 is 0. The molecule has 3 heterocycles. The number of aromatic amines is 1. The van der Waals surface area contributed by atoms with Crippen LogP contribution in [0.4, 0.5) is 0 Å². The molecule has 2 aromatic rings. The standard InChI is InChI=1S/C20H28N6O2/c27-19(26-9-6-21-7-10-26)5-8-24-11-13-25(14-12-24)15-18-22-17-4-2-1-3-16(17)20(28)23-18/h1-4,21H,5-15H2,(H,22,23,28). The first-order chi connectivity index (χ1) is 13.7. The van der Waals surface area contributed by atoms with Crippen LogP contribution in [0.5, 0.6) is 0 Å². The van der Waals surface area contributed by atoms with Crippen molar-refractivity contribution < 1.29 is 4.79 Å². The molecule has 8 nitrogen and oxygen atoms in total. The maximum Gasteiger partial charge on any atom is 0.258 e. The average molecular weight is 384 g/mol. The van der Waals surface area contributed by atoms with Crippen molar-refractivity contribution in [3.63, 3.8) is 0 Å². The fourth-order valence-electron chi connectivity index (χ4n) is 3.92. The van der Waals surface area contributed by atoms with Gasteiger partial charge in [-0.15, -0.1) is 0 Å². The molecule has 150 valence electrons. The highest BCUT2D eigenvalue weighted by molar-refractivity contribution is 5.77. The molecule has 4 rings (SSSR count). The highest BCUT2D eigenvalue weighted by atomic mass is 16.2. The van der Waals surface area contributed by atoms with E-state index in [0.717, 1.165) is 64.4 Å². The van der Waals surface area contributed by atoms with E-state index < -0.39 is 0 Å². The number of nitrogens with zero attached hydrogens (tertiary/aromatic N) is 4. The maximum atomic E-state index is 12.3. The normalized spacial score (nSPS) is 19.2. The fourth-order valence-corrected chi connectivity index (χ4v) is 3.92. The van der Waals surface area contributed by atoms with Gasteiger partial charge >= 0.3 is 0 Å². The second-order valence-electron chi connectivity index (χ2n) is 7.53. The van der Waals surface area contributed by atoms with Crippen LogP contribution < -0.4 is 10.9 Å². The van der Waals surface area contributed by atoms with Gasteiger partial charge in [-0.1, -0.05) is 12.1 Å². The summed E-state index contributed by atoms with van der Waals surface area (Å²) in [7, 11) is 0. The minimum Gasteiger partial charge on any atom is -0.340 e. The minimum absolute atomic E-state index is 0.0781. The number of benzene rings is 1. The molecular weight excluding hydrogens is 356 g/mol. The summed E-state index contributed by atoms with van der Waals surface area (Å²) in [4.78, 5) is 38.6. The van der Waals surface area contributed by atoms with Crippen LogP contribution in [0, 0.1) is 0 Å². The van der Waals surface area contributed by atoms with E-state index in [1.54, 1.807) is 6.07 Å². The average Bonchev–Trinajstić information content (AvgIpc) is 2.74.